The Morgan fingerprint density at radius 2 is 2.19 bits per heavy atom. The van der Waals surface area contributed by atoms with E-state index in [2.05, 4.69) is 4.98 Å². The Morgan fingerprint density at radius 1 is 1.43 bits per heavy atom. The fraction of sp³-hybridized carbons (Fsp3) is 0.429. The van der Waals surface area contributed by atoms with E-state index in [1.807, 2.05) is 41.6 Å². The fourth-order valence-electron chi connectivity index (χ4n) is 1.85. The minimum Gasteiger partial charge on any atom is -0.330 e. The number of carbonyl (C=O) groups is 1. The first-order valence-corrected chi connectivity index (χ1v) is 8.35. The molecule has 0 aliphatic heterocycles. The van der Waals surface area contributed by atoms with Crippen LogP contribution in [0.4, 0.5) is 0 Å². The van der Waals surface area contributed by atoms with Crippen LogP contribution in [0.25, 0.3) is 0 Å². The van der Waals surface area contributed by atoms with E-state index in [9.17, 15) is 4.79 Å². The van der Waals surface area contributed by atoms with Gasteiger partial charge in [0.15, 0.2) is 0 Å². The molecule has 0 atom stereocenters. The van der Waals surface area contributed by atoms with Crippen molar-refractivity contribution >= 4 is 41.0 Å². The minimum absolute atomic E-state index is 0. The molecule has 4 nitrogen and oxygen atoms in total. The Hall–Kier alpha value is -0.950. The number of nitrogens with zero attached hydrogens (tertiary/aromatic N) is 2. The molecule has 116 valence electrons. The SMILES string of the molecule is CC(C)N(Cc1cccs1)C(=O)c1csc(CCN)n1.Cl. The van der Waals surface area contributed by atoms with Gasteiger partial charge in [-0.2, -0.15) is 0 Å². The standard InChI is InChI=1S/C14H19N3OS2.ClH/c1-10(2)17(8-11-4-3-7-19-11)14(18)12-9-20-13(16-12)5-6-15;/h3-4,7,9-10H,5-6,8,15H2,1-2H3;1H. The second kappa shape index (κ2) is 8.48. The maximum atomic E-state index is 12.6. The van der Waals surface area contributed by atoms with Crippen LogP contribution in [0.1, 0.15) is 34.2 Å². The highest BCUT2D eigenvalue weighted by molar-refractivity contribution is 7.10. The second-order valence-electron chi connectivity index (χ2n) is 4.77. The van der Waals surface area contributed by atoms with Crippen molar-refractivity contribution in [2.45, 2.75) is 32.9 Å². The maximum Gasteiger partial charge on any atom is 0.273 e. The van der Waals surface area contributed by atoms with Gasteiger partial charge in [-0.1, -0.05) is 6.07 Å². The van der Waals surface area contributed by atoms with Crippen molar-refractivity contribution in [1.29, 1.82) is 0 Å². The molecule has 0 saturated heterocycles. The van der Waals surface area contributed by atoms with Crippen molar-refractivity contribution in [1.82, 2.24) is 9.88 Å². The fourth-order valence-corrected chi connectivity index (χ4v) is 3.34. The second-order valence-corrected chi connectivity index (χ2v) is 6.75. The van der Waals surface area contributed by atoms with Crippen molar-refractivity contribution in [3.8, 4) is 0 Å². The molecule has 0 aromatic carbocycles. The zero-order valence-electron chi connectivity index (χ0n) is 12.1. The average Bonchev–Trinajstić information content (AvgIpc) is 3.06. The lowest BCUT2D eigenvalue weighted by atomic mass is 10.2. The normalized spacial score (nSPS) is 10.5. The molecule has 2 rings (SSSR count). The zero-order valence-corrected chi connectivity index (χ0v) is 14.6. The molecule has 0 aliphatic carbocycles. The molecule has 7 heteroatoms. The molecule has 0 unspecified atom stereocenters. The van der Waals surface area contributed by atoms with Gasteiger partial charge in [0, 0.05) is 22.7 Å². The molecule has 0 fully saturated rings. The van der Waals surface area contributed by atoms with E-state index in [1.165, 1.54) is 16.2 Å². The number of rotatable bonds is 6. The first kappa shape index (κ1) is 18.1. The maximum absolute atomic E-state index is 12.6. The first-order valence-electron chi connectivity index (χ1n) is 6.59. The van der Waals surface area contributed by atoms with Crippen molar-refractivity contribution in [3.05, 3.63) is 38.5 Å². The summed E-state index contributed by atoms with van der Waals surface area (Å²) in [6.07, 6.45) is 0.727. The first-order chi connectivity index (χ1) is 9.61. The molecule has 0 aliphatic rings. The van der Waals surface area contributed by atoms with Gasteiger partial charge in [-0.05, 0) is 31.8 Å². The van der Waals surface area contributed by atoms with Crippen molar-refractivity contribution < 1.29 is 4.79 Å². The van der Waals surface area contributed by atoms with Crippen LogP contribution in [0.2, 0.25) is 0 Å². The molecular weight excluding hydrogens is 326 g/mol. The number of hydrogen-bond acceptors (Lipinski definition) is 5. The molecule has 0 radical (unpaired) electrons. The van der Waals surface area contributed by atoms with E-state index < -0.39 is 0 Å². The Kier molecular flexibility index (Phi) is 7.31. The van der Waals surface area contributed by atoms with Crippen molar-refractivity contribution in [3.63, 3.8) is 0 Å². The molecule has 1 amide bonds. The van der Waals surface area contributed by atoms with Gasteiger partial charge in [-0.25, -0.2) is 4.98 Å². The summed E-state index contributed by atoms with van der Waals surface area (Å²) in [6.45, 7) is 5.25. The molecular formula is C14H20ClN3OS2. The summed E-state index contributed by atoms with van der Waals surface area (Å²) in [5, 5.41) is 4.79. The van der Waals surface area contributed by atoms with Gasteiger partial charge in [-0.3, -0.25) is 4.79 Å². The van der Waals surface area contributed by atoms with Gasteiger partial charge < -0.3 is 10.6 Å². The van der Waals surface area contributed by atoms with Crippen LogP contribution in [0.5, 0.6) is 0 Å². The number of hydrogen-bond donors (Lipinski definition) is 1. The average molecular weight is 346 g/mol. The van der Waals surface area contributed by atoms with Crippen molar-refractivity contribution in [2.75, 3.05) is 6.54 Å². The smallest absolute Gasteiger partial charge is 0.273 e. The highest BCUT2D eigenvalue weighted by atomic mass is 35.5. The largest absolute Gasteiger partial charge is 0.330 e. The summed E-state index contributed by atoms with van der Waals surface area (Å²) < 4.78 is 0. The highest BCUT2D eigenvalue weighted by Gasteiger charge is 2.21. The third kappa shape index (κ3) is 4.78. The summed E-state index contributed by atoms with van der Waals surface area (Å²) in [4.78, 5) is 20.0. The van der Waals surface area contributed by atoms with Gasteiger partial charge in [0.05, 0.1) is 11.6 Å². The Morgan fingerprint density at radius 3 is 2.76 bits per heavy atom. The number of thiazole rings is 1. The van der Waals surface area contributed by atoms with Gasteiger partial charge in [-0.15, -0.1) is 35.1 Å². The summed E-state index contributed by atoms with van der Waals surface area (Å²) in [5.74, 6) is -0.00655. The summed E-state index contributed by atoms with van der Waals surface area (Å²) in [5.41, 5.74) is 6.05. The number of halogens is 1. The van der Waals surface area contributed by atoms with E-state index >= 15 is 0 Å². The van der Waals surface area contributed by atoms with Crippen LogP contribution in [-0.4, -0.2) is 28.4 Å². The molecule has 0 spiro atoms. The van der Waals surface area contributed by atoms with Crippen LogP contribution in [0, 0.1) is 0 Å². The lowest BCUT2D eigenvalue weighted by Gasteiger charge is -2.25. The number of carbonyl (C=O) groups excluding carboxylic acids is 1. The lowest BCUT2D eigenvalue weighted by molar-refractivity contribution is 0.0687. The Labute approximate surface area is 139 Å². The topological polar surface area (TPSA) is 59.2 Å². The Bertz CT molecular complexity index is 554. The van der Waals surface area contributed by atoms with Crippen LogP contribution < -0.4 is 5.73 Å². The van der Waals surface area contributed by atoms with Crippen molar-refractivity contribution in [2.24, 2.45) is 5.73 Å². The van der Waals surface area contributed by atoms with E-state index in [1.54, 1.807) is 11.3 Å². The molecule has 21 heavy (non-hydrogen) atoms. The molecule has 2 aromatic heterocycles. The third-order valence-corrected chi connectivity index (χ3v) is 4.69. The van der Waals surface area contributed by atoms with Gasteiger partial charge >= 0.3 is 0 Å². The van der Waals surface area contributed by atoms with Crippen LogP contribution in [-0.2, 0) is 13.0 Å². The van der Waals surface area contributed by atoms with Gasteiger partial charge in [0.2, 0.25) is 0 Å². The third-order valence-electron chi connectivity index (χ3n) is 2.92. The minimum atomic E-state index is -0.00655. The van der Waals surface area contributed by atoms with Crippen LogP contribution in [0.15, 0.2) is 22.9 Å². The highest BCUT2D eigenvalue weighted by Crippen LogP contribution is 2.18. The quantitative estimate of drug-likeness (QED) is 0.874. The lowest BCUT2D eigenvalue weighted by Crippen LogP contribution is -2.36. The number of amides is 1. The zero-order chi connectivity index (χ0) is 14.5. The number of thiophene rings is 1. The summed E-state index contributed by atoms with van der Waals surface area (Å²) in [7, 11) is 0. The molecule has 2 aromatic rings. The molecule has 2 heterocycles. The predicted molar refractivity (Wildman–Crippen MR) is 91.4 cm³/mol. The van der Waals surface area contributed by atoms with E-state index in [4.69, 9.17) is 5.73 Å². The summed E-state index contributed by atoms with van der Waals surface area (Å²) >= 11 is 3.17. The molecule has 2 N–H and O–H groups in total. The van der Waals surface area contributed by atoms with E-state index in [-0.39, 0.29) is 24.4 Å². The van der Waals surface area contributed by atoms with E-state index in [0.717, 1.165) is 11.4 Å². The number of nitrogens with two attached hydrogens (primary N) is 1. The molecule has 0 saturated carbocycles. The molecule has 0 bridgehead atoms. The van der Waals surface area contributed by atoms with Crippen LogP contribution >= 0.6 is 35.1 Å². The van der Waals surface area contributed by atoms with Crippen LogP contribution in [0.3, 0.4) is 0 Å². The van der Waals surface area contributed by atoms with Gasteiger partial charge in [0.25, 0.3) is 5.91 Å². The number of aromatic nitrogens is 1. The monoisotopic (exact) mass is 345 g/mol. The predicted octanol–water partition coefficient (Wildman–Crippen LogP) is 3.18. The van der Waals surface area contributed by atoms with E-state index in [0.29, 0.717) is 18.8 Å². The van der Waals surface area contributed by atoms with Gasteiger partial charge in [0.1, 0.15) is 5.69 Å². The summed E-state index contributed by atoms with van der Waals surface area (Å²) in [6, 6.07) is 4.20. The Balaban J connectivity index is 0.00000220.